The van der Waals surface area contributed by atoms with Crippen molar-refractivity contribution < 1.29 is 9.21 Å². The van der Waals surface area contributed by atoms with Crippen LogP contribution in [0.25, 0.3) is 11.5 Å². The lowest BCUT2D eigenvalue weighted by atomic mass is 10.1. The van der Waals surface area contributed by atoms with Gasteiger partial charge in [-0.15, -0.1) is 10.2 Å². The van der Waals surface area contributed by atoms with Crippen molar-refractivity contribution >= 4 is 5.91 Å². The van der Waals surface area contributed by atoms with Gasteiger partial charge >= 0.3 is 0 Å². The number of nitrogens with zero attached hydrogens (tertiary/aromatic N) is 3. The number of rotatable bonds is 3. The summed E-state index contributed by atoms with van der Waals surface area (Å²) in [6.07, 6.45) is 3.02. The first-order valence-electron chi connectivity index (χ1n) is 7.49. The third kappa shape index (κ3) is 2.44. The monoisotopic (exact) mass is 283 g/mol. The normalized spacial score (nSPS) is 21.7. The molecule has 2 aromatic rings. The number of carbonyl (C=O) groups excluding carboxylic acids is 1. The van der Waals surface area contributed by atoms with Gasteiger partial charge in [-0.05, 0) is 31.4 Å². The molecule has 1 aliphatic carbocycles. The summed E-state index contributed by atoms with van der Waals surface area (Å²) < 4.78 is 5.80. The lowest BCUT2D eigenvalue weighted by Crippen LogP contribution is -2.29. The molecule has 4 rings (SSSR count). The van der Waals surface area contributed by atoms with Gasteiger partial charge in [0.2, 0.25) is 17.7 Å². The Balaban J connectivity index is 1.48. The number of aromatic nitrogens is 2. The molecule has 1 unspecified atom stereocenters. The van der Waals surface area contributed by atoms with Gasteiger partial charge in [0, 0.05) is 24.6 Å². The van der Waals surface area contributed by atoms with E-state index in [1.165, 1.54) is 0 Å². The average Bonchev–Trinajstić information content (AvgIpc) is 3.06. The van der Waals surface area contributed by atoms with Crippen LogP contribution in [0.4, 0.5) is 0 Å². The fraction of sp³-hybridized carbons (Fsp3) is 0.438. The highest BCUT2D eigenvalue weighted by Gasteiger charge is 2.38. The highest BCUT2D eigenvalue weighted by molar-refractivity contribution is 5.81. The third-order valence-electron chi connectivity index (χ3n) is 4.24. The number of benzene rings is 1. The summed E-state index contributed by atoms with van der Waals surface area (Å²) >= 11 is 0. The molecule has 0 radical (unpaired) electrons. The third-order valence-corrected chi connectivity index (χ3v) is 4.24. The molecule has 0 bridgehead atoms. The largest absolute Gasteiger partial charge is 0.420 e. The van der Waals surface area contributed by atoms with Crippen molar-refractivity contribution in [3.63, 3.8) is 0 Å². The van der Waals surface area contributed by atoms with Crippen LogP contribution in [0.2, 0.25) is 0 Å². The van der Waals surface area contributed by atoms with Crippen LogP contribution in [-0.4, -0.2) is 34.1 Å². The Kier molecular flexibility index (Phi) is 2.98. The van der Waals surface area contributed by atoms with E-state index in [9.17, 15) is 4.79 Å². The Morgan fingerprint density at radius 2 is 1.95 bits per heavy atom. The quantitative estimate of drug-likeness (QED) is 0.868. The van der Waals surface area contributed by atoms with Crippen molar-refractivity contribution in [1.82, 2.24) is 15.1 Å². The van der Waals surface area contributed by atoms with Gasteiger partial charge in [-0.25, -0.2) is 0 Å². The average molecular weight is 283 g/mol. The van der Waals surface area contributed by atoms with Crippen LogP contribution >= 0.6 is 0 Å². The van der Waals surface area contributed by atoms with E-state index in [1.54, 1.807) is 0 Å². The number of hydrogen-bond acceptors (Lipinski definition) is 4. The summed E-state index contributed by atoms with van der Waals surface area (Å²) in [5.74, 6) is 1.97. The maximum absolute atomic E-state index is 12.1. The van der Waals surface area contributed by atoms with E-state index in [-0.39, 0.29) is 11.8 Å². The molecule has 0 spiro atoms. The van der Waals surface area contributed by atoms with Crippen molar-refractivity contribution in [3.8, 4) is 11.5 Å². The van der Waals surface area contributed by atoms with Crippen LogP contribution in [0.15, 0.2) is 34.7 Å². The molecular formula is C16H17N3O2. The van der Waals surface area contributed by atoms with E-state index >= 15 is 0 Å². The van der Waals surface area contributed by atoms with Crippen LogP contribution in [0.1, 0.15) is 31.1 Å². The smallest absolute Gasteiger partial charge is 0.247 e. The van der Waals surface area contributed by atoms with Crippen LogP contribution in [0.5, 0.6) is 0 Å². The molecule has 1 saturated heterocycles. The molecule has 1 aliphatic heterocycles. The van der Waals surface area contributed by atoms with Crippen molar-refractivity contribution in [1.29, 1.82) is 0 Å². The van der Waals surface area contributed by atoms with E-state index in [2.05, 4.69) is 10.2 Å². The molecule has 5 nitrogen and oxygen atoms in total. The van der Waals surface area contributed by atoms with E-state index in [0.29, 0.717) is 24.2 Å². The maximum Gasteiger partial charge on any atom is 0.247 e. The first-order chi connectivity index (χ1) is 10.3. The second-order valence-corrected chi connectivity index (χ2v) is 5.86. The minimum Gasteiger partial charge on any atom is -0.420 e. The SMILES string of the molecule is O=C(C1CC1)N1CCC(c2nnc(-c3ccccc3)o2)C1. The molecule has 21 heavy (non-hydrogen) atoms. The van der Waals surface area contributed by atoms with Crippen molar-refractivity contribution in [2.75, 3.05) is 13.1 Å². The van der Waals surface area contributed by atoms with Gasteiger partial charge in [0.15, 0.2) is 0 Å². The standard InChI is InChI=1S/C16H17N3O2/c20-16(12-6-7-12)19-9-8-13(10-19)15-18-17-14(21-15)11-4-2-1-3-5-11/h1-5,12-13H,6-10H2. The van der Waals surface area contributed by atoms with E-state index in [0.717, 1.165) is 31.4 Å². The molecule has 0 N–H and O–H groups in total. The van der Waals surface area contributed by atoms with E-state index in [1.807, 2.05) is 35.2 Å². The zero-order chi connectivity index (χ0) is 14.2. The lowest BCUT2D eigenvalue weighted by Gasteiger charge is -2.14. The minimum atomic E-state index is 0.178. The van der Waals surface area contributed by atoms with Crippen LogP contribution in [0.3, 0.4) is 0 Å². The summed E-state index contributed by atoms with van der Waals surface area (Å²) in [5.41, 5.74) is 0.931. The summed E-state index contributed by atoms with van der Waals surface area (Å²) in [7, 11) is 0. The summed E-state index contributed by atoms with van der Waals surface area (Å²) in [6.45, 7) is 1.52. The summed E-state index contributed by atoms with van der Waals surface area (Å²) in [5, 5.41) is 8.30. The topological polar surface area (TPSA) is 59.2 Å². The lowest BCUT2D eigenvalue weighted by molar-refractivity contribution is -0.131. The Labute approximate surface area is 123 Å². The fourth-order valence-corrected chi connectivity index (χ4v) is 2.85. The van der Waals surface area contributed by atoms with Gasteiger partial charge in [0.05, 0.1) is 5.92 Å². The summed E-state index contributed by atoms with van der Waals surface area (Å²) in [6, 6.07) is 9.76. The van der Waals surface area contributed by atoms with Crippen LogP contribution in [0, 0.1) is 5.92 Å². The van der Waals surface area contributed by atoms with Crippen molar-refractivity contribution in [2.45, 2.75) is 25.2 Å². The molecular weight excluding hydrogens is 266 g/mol. The Bertz CT molecular complexity index is 649. The van der Waals surface area contributed by atoms with Gasteiger partial charge in [-0.2, -0.15) is 0 Å². The second-order valence-electron chi connectivity index (χ2n) is 5.86. The first kappa shape index (κ1) is 12.6. The molecule has 1 aromatic heterocycles. The fourth-order valence-electron chi connectivity index (χ4n) is 2.85. The molecule has 2 aliphatic rings. The predicted octanol–water partition coefficient (Wildman–Crippen LogP) is 2.46. The number of carbonyl (C=O) groups is 1. The Morgan fingerprint density at radius 3 is 2.71 bits per heavy atom. The Morgan fingerprint density at radius 1 is 1.14 bits per heavy atom. The molecule has 1 aromatic carbocycles. The van der Waals surface area contributed by atoms with E-state index < -0.39 is 0 Å². The number of hydrogen-bond donors (Lipinski definition) is 0. The molecule has 1 atom stereocenters. The van der Waals surface area contributed by atoms with Gasteiger partial charge in [0.1, 0.15) is 0 Å². The zero-order valence-electron chi connectivity index (χ0n) is 11.7. The first-order valence-corrected chi connectivity index (χ1v) is 7.49. The Hall–Kier alpha value is -2.17. The molecule has 108 valence electrons. The van der Waals surface area contributed by atoms with E-state index in [4.69, 9.17) is 4.42 Å². The molecule has 1 saturated carbocycles. The number of amides is 1. The molecule has 5 heteroatoms. The summed E-state index contributed by atoms with van der Waals surface area (Å²) in [4.78, 5) is 14.0. The predicted molar refractivity (Wildman–Crippen MR) is 76.4 cm³/mol. The van der Waals surface area contributed by atoms with Crippen LogP contribution in [-0.2, 0) is 4.79 Å². The minimum absolute atomic E-state index is 0.178. The second kappa shape index (κ2) is 4.98. The molecule has 2 fully saturated rings. The zero-order valence-corrected chi connectivity index (χ0v) is 11.7. The van der Waals surface area contributed by atoms with Gasteiger partial charge in [-0.3, -0.25) is 4.79 Å². The molecule has 1 amide bonds. The van der Waals surface area contributed by atoms with Gasteiger partial charge in [-0.1, -0.05) is 18.2 Å². The highest BCUT2D eigenvalue weighted by Crippen LogP contribution is 2.35. The van der Waals surface area contributed by atoms with Crippen LogP contribution < -0.4 is 0 Å². The van der Waals surface area contributed by atoms with Crippen molar-refractivity contribution in [3.05, 3.63) is 36.2 Å². The van der Waals surface area contributed by atoms with Crippen molar-refractivity contribution in [2.24, 2.45) is 5.92 Å². The number of likely N-dealkylation sites (tertiary alicyclic amines) is 1. The van der Waals surface area contributed by atoms with Gasteiger partial charge < -0.3 is 9.32 Å². The maximum atomic E-state index is 12.1. The molecule has 2 heterocycles. The van der Waals surface area contributed by atoms with Gasteiger partial charge in [0.25, 0.3) is 0 Å². The highest BCUT2D eigenvalue weighted by atomic mass is 16.4.